The zero-order chi connectivity index (χ0) is 15.9. The molecule has 4 rings (SSSR count). The summed E-state index contributed by atoms with van der Waals surface area (Å²) < 4.78 is 5.09. The highest BCUT2D eigenvalue weighted by Crippen LogP contribution is 2.28. The van der Waals surface area contributed by atoms with Crippen molar-refractivity contribution in [3.05, 3.63) is 71.8 Å². The van der Waals surface area contributed by atoms with Gasteiger partial charge in [-0.1, -0.05) is 60.7 Å². The maximum Gasteiger partial charge on any atom is 0.106 e. The van der Waals surface area contributed by atoms with Crippen molar-refractivity contribution in [2.24, 2.45) is 5.73 Å². The van der Waals surface area contributed by atoms with E-state index in [2.05, 4.69) is 41.3 Å². The summed E-state index contributed by atoms with van der Waals surface area (Å²) in [4.78, 5) is 2.46. The van der Waals surface area contributed by atoms with Gasteiger partial charge in [0.25, 0.3) is 0 Å². The van der Waals surface area contributed by atoms with Crippen LogP contribution in [-0.2, 0) is 4.74 Å². The van der Waals surface area contributed by atoms with Crippen LogP contribution in [0.25, 0.3) is 0 Å². The Morgan fingerprint density at radius 2 is 1.52 bits per heavy atom. The van der Waals surface area contributed by atoms with Gasteiger partial charge in [-0.2, -0.15) is 0 Å². The molecule has 122 valence electrons. The van der Waals surface area contributed by atoms with Gasteiger partial charge in [-0.15, -0.1) is 0 Å². The van der Waals surface area contributed by atoms with Gasteiger partial charge < -0.3 is 15.4 Å². The quantitative estimate of drug-likeness (QED) is 0.878. The second-order valence-electron chi connectivity index (χ2n) is 6.26. The number of hydrogen-bond donors (Lipinski definition) is 1. The van der Waals surface area contributed by atoms with E-state index in [4.69, 9.17) is 10.5 Å². The van der Waals surface area contributed by atoms with Crippen LogP contribution < -0.4 is 5.73 Å². The Hall–Kier alpha value is -1.68. The van der Waals surface area contributed by atoms with Crippen molar-refractivity contribution in [2.75, 3.05) is 26.2 Å². The van der Waals surface area contributed by atoms with E-state index in [1.807, 2.05) is 24.3 Å². The first kappa shape index (κ1) is 16.2. The number of benzene rings is 2. The van der Waals surface area contributed by atoms with Crippen LogP contribution in [0.15, 0.2) is 60.7 Å². The number of epoxide rings is 1. The van der Waals surface area contributed by atoms with Crippen molar-refractivity contribution in [3.8, 4) is 0 Å². The molecular weight excluding hydrogens is 284 g/mol. The monoisotopic (exact) mass is 310 g/mol. The lowest BCUT2D eigenvalue weighted by Crippen LogP contribution is -2.29. The highest BCUT2D eigenvalue weighted by atomic mass is 16.6. The third-order valence-corrected chi connectivity index (χ3v) is 4.39. The standard InChI is InChI=1S/C12H18N2.C8H8O/c13-12(10-14-8-4-5-9-14)11-6-2-1-3-7-11;1-2-4-7(5-3-1)8-6-9-8/h1-3,6-7,12H,4-5,8-10,13H2;1-5,8H,6H2/t12-;8-/m11/s1. The molecule has 0 bridgehead atoms. The molecule has 0 saturated carbocycles. The molecule has 0 unspecified atom stereocenters. The molecule has 2 saturated heterocycles. The van der Waals surface area contributed by atoms with Crippen molar-refractivity contribution in [1.29, 1.82) is 0 Å². The molecule has 0 aliphatic carbocycles. The van der Waals surface area contributed by atoms with E-state index in [-0.39, 0.29) is 6.04 Å². The van der Waals surface area contributed by atoms with Crippen LogP contribution in [0.2, 0.25) is 0 Å². The van der Waals surface area contributed by atoms with Crippen LogP contribution in [0.1, 0.15) is 36.1 Å². The zero-order valence-corrected chi connectivity index (χ0v) is 13.6. The normalized spacial score (nSPS) is 21.3. The zero-order valence-electron chi connectivity index (χ0n) is 13.6. The molecule has 23 heavy (non-hydrogen) atoms. The van der Waals surface area contributed by atoms with Gasteiger partial charge in [0.1, 0.15) is 6.10 Å². The SMILES string of the molecule is N[C@H](CN1CCCC1)c1ccccc1.c1ccc([C@H]2CO2)cc1. The van der Waals surface area contributed by atoms with Crippen LogP contribution in [-0.4, -0.2) is 31.1 Å². The molecule has 2 aliphatic rings. The molecule has 2 N–H and O–H groups in total. The maximum absolute atomic E-state index is 6.13. The fourth-order valence-electron chi connectivity index (χ4n) is 2.96. The highest BCUT2D eigenvalue weighted by molar-refractivity contribution is 5.20. The van der Waals surface area contributed by atoms with Crippen molar-refractivity contribution in [3.63, 3.8) is 0 Å². The predicted octanol–water partition coefficient (Wildman–Crippen LogP) is 3.54. The Labute approximate surface area is 139 Å². The van der Waals surface area contributed by atoms with Gasteiger partial charge in [-0.25, -0.2) is 0 Å². The first-order chi connectivity index (χ1) is 11.3. The van der Waals surface area contributed by atoms with Crippen molar-refractivity contribution >= 4 is 0 Å². The Bertz CT molecular complexity index is 563. The van der Waals surface area contributed by atoms with E-state index in [1.165, 1.54) is 37.1 Å². The van der Waals surface area contributed by atoms with Gasteiger partial charge in [0.2, 0.25) is 0 Å². The molecule has 2 atom stereocenters. The molecule has 0 radical (unpaired) electrons. The van der Waals surface area contributed by atoms with Crippen molar-refractivity contribution in [2.45, 2.75) is 25.0 Å². The Balaban J connectivity index is 0.000000149. The van der Waals surface area contributed by atoms with Crippen LogP contribution >= 0.6 is 0 Å². The Morgan fingerprint density at radius 3 is 2.09 bits per heavy atom. The average Bonchev–Trinajstić information content (AvgIpc) is 3.35. The van der Waals surface area contributed by atoms with E-state index < -0.39 is 0 Å². The smallest absolute Gasteiger partial charge is 0.106 e. The molecule has 3 nitrogen and oxygen atoms in total. The topological polar surface area (TPSA) is 41.8 Å². The molecule has 0 spiro atoms. The number of rotatable bonds is 4. The summed E-state index contributed by atoms with van der Waals surface area (Å²) in [6.07, 6.45) is 3.08. The van der Waals surface area contributed by atoms with Crippen LogP contribution in [0.4, 0.5) is 0 Å². The van der Waals surface area contributed by atoms with E-state index in [9.17, 15) is 0 Å². The summed E-state index contributed by atoms with van der Waals surface area (Å²) in [5, 5.41) is 0. The molecule has 0 aromatic heterocycles. The molecule has 2 aromatic carbocycles. The Morgan fingerprint density at radius 1 is 0.957 bits per heavy atom. The molecule has 2 fully saturated rings. The van der Waals surface area contributed by atoms with E-state index >= 15 is 0 Å². The van der Waals surface area contributed by atoms with Crippen LogP contribution in [0, 0.1) is 0 Å². The molecule has 2 aliphatic heterocycles. The van der Waals surface area contributed by atoms with Gasteiger partial charge >= 0.3 is 0 Å². The van der Waals surface area contributed by atoms with Gasteiger partial charge in [0, 0.05) is 12.6 Å². The number of ether oxygens (including phenoxy) is 1. The van der Waals surface area contributed by atoms with Crippen molar-refractivity contribution < 1.29 is 4.74 Å². The summed E-state index contributed by atoms with van der Waals surface area (Å²) in [7, 11) is 0. The number of likely N-dealkylation sites (tertiary alicyclic amines) is 1. The first-order valence-corrected chi connectivity index (χ1v) is 8.52. The second kappa shape index (κ2) is 8.25. The highest BCUT2D eigenvalue weighted by Gasteiger charge is 2.23. The first-order valence-electron chi connectivity index (χ1n) is 8.52. The van der Waals surface area contributed by atoms with Crippen molar-refractivity contribution in [1.82, 2.24) is 4.90 Å². The minimum atomic E-state index is 0.175. The van der Waals surface area contributed by atoms with Gasteiger partial charge in [-0.3, -0.25) is 0 Å². The summed E-state index contributed by atoms with van der Waals surface area (Å²) >= 11 is 0. The number of hydrogen-bond acceptors (Lipinski definition) is 3. The minimum absolute atomic E-state index is 0.175. The fraction of sp³-hybridized carbons (Fsp3) is 0.400. The lowest BCUT2D eigenvalue weighted by Gasteiger charge is -2.20. The fourth-order valence-corrected chi connectivity index (χ4v) is 2.96. The van der Waals surface area contributed by atoms with Gasteiger partial charge in [0.05, 0.1) is 6.61 Å². The lowest BCUT2D eigenvalue weighted by molar-refractivity contribution is 0.316. The Kier molecular flexibility index (Phi) is 5.81. The summed E-state index contributed by atoms with van der Waals surface area (Å²) in [6, 6.07) is 20.8. The third kappa shape index (κ3) is 5.17. The molecule has 2 aromatic rings. The number of nitrogens with two attached hydrogens (primary N) is 1. The maximum atomic E-state index is 6.13. The lowest BCUT2D eigenvalue weighted by atomic mass is 10.1. The molecule has 3 heteroatoms. The van der Waals surface area contributed by atoms with Gasteiger partial charge in [-0.05, 0) is 37.1 Å². The summed E-state index contributed by atoms with van der Waals surface area (Å²) in [6.45, 7) is 4.36. The van der Waals surface area contributed by atoms with E-state index in [0.717, 1.165) is 13.2 Å². The molecular formula is C20H26N2O. The third-order valence-electron chi connectivity index (χ3n) is 4.39. The largest absolute Gasteiger partial charge is 0.368 e. The number of nitrogens with zero attached hydrogens (tertiary/aromatic N) is 1. The minimum Gasteiger partial charge on any atom is -0.368 e. The predicted molar refractivity (Wildman–Crippen MR) is 94.2 cm³/mol. The average molecular weight is 310 g/mol. The van der Waals surface area contributed by atoms with E-state index in [1.54, 1.807) is 0 Å². The van der Waals surface area contributed by atoms with Crippen LogP contribution in [0.5, 0.6) is 0 Å². The van der Waals surface area contributed by atoms with Gasteiger partial charge in [0.15, 0.2) is 0 Å². The summed E-state index contributed by atoms with van der Waals surface area (Å²) in [5.41, 5.74) is 8.69. The summed E-state index contributed by atoms with van der Waals surface area (Å²) in [5.74, 6) is 0. The van der Waals surface area contributed by atoms with E-state index in [0.29, 0.717) is 6.10 Å². The van der Waals surface area contributed by atoms with Crippen LogP contribution in [0.3, 0.4) is 0 Å². The molecule has 2 heterocycles. The second-order valence-corrected chi connectivity index (χ2v) is 6.26. The molecule has 0 amide bonds.